The van der Waals surface area contributed by atoms with Crippen molar-refractivity contribution in [3.63, 3.8) is 0 Å². The van der Waals surface area contributed by atoms with Gasteiger partial charge in [-0.2, -0.15) is 0 Å². The molecule has 0 radical (unpaired) electrons. The molecule has 1 aromatic heterocycles. The van der Waals surface area contributed by atoms with E-state index in [1.54, 1.807) is 6.20 Å². The SMILES string of the molecule is CS(=O)(=O)c1ncc(CN2CCCC2)n1CC1CCCCC1. The molecule has 5 nitrogen and oxygen atoms in total. The average molecular weight is 325 g/mol. The number of sulfone groups is 1. The Kier molecular flexibility index (Phi) is 4.88. The molecule has 0 bridgehead atoms. The summed E-state index contributed by atoms with van der Waals surface area (Å²) in [5.74, 6) is 0.598. The first-order chi connectivity index (χ1) is 10.5. The highest BCUT2D eigenvalue weighted by atomic mass is 32.2. The van der Waals surface area contributed by atoms with Gasteiger partial charge in [0.2, 0.25) is 15.0 Å². The van der Waals surface area contributed by atoms with Crippen molar-refractivity contribution in [2.24, 2.45) is 5.92 Å². The Balaban J connectivity index is 1.83. The lowest BCUT2D eigenvalue weighted by Crippen LogP contribution is -2.24. The van der Waals surface area contributed by atoms with E-state index in [1.807, 2.05) is 4.57 Å². The van der Waals surface area contributed by atoms with Crippen LogP contribution in [0.4, 0.5) is 0 Å². The zero-order valence-corrected chi connectivity index (χ0v) is 14.3. The molecule has 1 aromatic rings. The summed E-state index contributed by atoms with van der Waals surface area (Å²) in [4.78, 5) is 6.65. The van der Waals surface area contributed by atoms with Crippen molar-refractivity contribution in [1.82, 2.24) is 14.5 Å². The molecule has 2 fully saturated rings. The number of hydrogen-bond acceptors (Lipinski definition) is 4. The summed E-state index contributed by atoms with van der Waals surface area (Å²) in [5, 5.41) is 0.257. The summed E-state index contributed by atoms with van der Waals surface area (Å²) >= 11 is 0. The quantitative estimate of drug-likeness (QED) is 0.834. The van der Waals surface area contributed by atoms with Crippen LogP contribution in [-0.4, -0.2) is 42.2 Å². The zero-order valence-electron chi connectivity index (χ0n) is 13.5. The Morgan fingerprint density at radius 2 is 1.82 bits per heavy atom. The molecule has 0 unspecified atom stereocenters. The van der Waals surface area contributed by atoms with Crippen molar-refractivity contribution in [2.75, 3.05) is 19.3 Å². The van der Waals surface area contributed by atoms with Gasteiger partial charge in [0, 0.05) is 19.3 Å². The maximum Gasteiger partial charge on any atom is 0.227 e. The summed E-state index contributed by atoms with van der Waals surface area (Å²) in [6, 6.07) is 0. The van der Waals surface area contributed by atoms with E-state index in [1.165, 1.54) is 51.2 Å². The molecule has 6 heteroatoms. The van der Waals surface area contributed by atoms with Crippen molar-refractivity contribution >= 4 is 9.84 Å². The third-order valence-corrected chi connectivity index (χ3v) is 5.97. The number of hydrogen-bond donors (Lipinski definition) is 0. The van der Waals surface area contributed by atoms with Gasteiger partial charge in [0.15, 0.2) is 0 Å². The fourth-order valence-electron chi connectivity index (χ4n) is 3.81. The molecule has 0 amide bonds. The predicted molar refractivity (Wildman–Crippen MR) is 86.4 cm³/mol. The number of likely N-dealkylation sites (tertiary alicyclic amines) is 1. The minimum atomic E-state index is -3.26. The van der Waals surface area contributed by atoms with Crippen molar-refractivity contribution in [3.05, 3.63) is 11.9 Å². The van der Waals surface area contributed by atoms with Gasteiger partial charge in [-0.3, -0.25) is 4.90 Å². The predicted octanol–water partition coefficient (Wildman–Crippen LogP) is 2.46. The Hall–Kier alpha value is -0.880. The molecule has 1 aliphatic carbocycles. The van der Waals surface area contributed by atoms with E-state index in [4.69, 9.17) is 0 Å². The van der Waals surface area contributed by atoms with Gasteiger partial charge in [0.25, 0.3) is 0 Å². The fourth-order valence-corrected chi connectivity index (χ4v) is 4.64. The Morgan fingerprint density at radius 3 is 2.45 bits per heavy atom. The van der Waals surface area contributed by atoms with Crippen molar-refractivity contribution < 1.29 is 8.42 Å². The molecule has 2 aliphatic rings. The largest absolute Gasteiger partial charge is 0.317 e. The third-order valence-electron chi connectivity index (χ3n) is 4.98. The summed E-state index contributed by atoms with van der Waals surface area (Å²) in [6.07, 6.45) is 11.8. The first-order valence-corrected chi connectivity index (χ1v) is 10.4. The van der Waals surface area contributed by atoms with E-state index >= 15 is 0 Å². The Bertz CT molecular complexity index is 597. The van der Waals surface area contributed by atoms with Crippen LogP contribution < -0.4 is 0 Å². The first kappa shape index (κ1) is 16.0. The number of nitrogens with zero attached hydrogens (tertiary/aromatic N) is 3. The molecule has 124 valence electrons. The highest BCUT2D eigenvalue weighted by Crippen LogP contribution is 2.27. The van der Waals surface area contributed by atoms with Crippen LogP contribution >= 0.6 is 0 Å². The topological polar surface area (TPSA) is 55.2 Å². The van der Waals surface area contributed by atoms with Crippen LogP contribution in [0.5, 0.6) is 0 Å². The Labute approximate surface area is 133 Å². The van der Waals surface area contributed by atoms with E-state index in [0.717, 1.165) is 31.9 Å². The lowest BCUT2D eigenvalue weighted by molar-refractivity contribution is 0.287. The summed E-state index contributed by atoms with van der Waals surface area (Å²) < 4.78 is 26.1. The maximum atomic E-state index is 12.0. The van der Waals surface area contributed by atoms with Crippen LogP contribution in [-0.2, 0) is 22.9 Å². The lowest BCUT2D eigenvalue weighted by atomic mass is 9.89. The van der Waals surface area contributed by atoms with Crippen molar-refractivity contribution in [1.29, 1.82) is 0 Å². The smallest absolute Gasteiger partial charge is 0.227 e. The number of rotatable bonds is 5. The van der Waals surface area contributed by atoms with E-state index in [-0.39, 0.29) is 5.16 Å². The minimum Gasteiger partial charge on any atom is -0.317 e. The average Bonchev–Trinajstić information content (AvgIpc) is 3.11. The Morgan fingerprint density at radius 1 is 1.14 bits per heavy atom. The zero-order chi connectivity index (χ0) is 15.6. The molecule has 22 heavy (non-hydrogen) atoms. The van der Waals surface area contributed by atoms with Crippen molar-refractivity contribution in [2.45, 2.75) is 63.2 Å². The van der Waals surface area contributed by atoms with Gasteiger partial charge in [0.1, 0.15) is 0 Å². The van der Waals surface area contributed by atoms with Crippen LogP contribution in [0.1, 0.15) is 50.6 Å². The van der Waals surface area contributed by atoms with Gasteiger partial charge < -0.3 is 4.57 Å². The van der Waals surface area contributed by atoms with Gasteiger partial charge in [-0.15, -0.1) is 0 Å². The minimum absolute atomic E-state index is 0.257. The molecule has 0 N–H and O–H groups in total. The molecular weight excluding hydrogens is 298 g/mol. The van der Waals surface area contributed by atoms with E-state index in [2.05, 4.69) is 9.88 Å². The molecule has 0 spiro atoms. The summed E-state index contributed by atoms with van der Waals surface area (Å²) in [7, 11) is -3.26. The molecule has 2 heterocycles. The number of imidazole rings is 1. The normalized spacial score (nSPS) is 21.5. The molecule has 3 rings (SSSR count). The van der Waals surface area contributed by atoms with Crippen molar-refractivity contribution in [3.8, 4) is 0 Å². The molecule has 1 saturated carbocycles. The first-order valence-electron chi connectivity index (χ1n) is 8.51. The van der Waals surface area contributed by atoms with E-state index in [0.29, 0.717) is 5.92 Å². The lowest BCUT2D eigenvalue weighted by Gasteiger charge is -2.24. The second-order valence-electron chi connectivity index (χ2n) is 6.90. The van der Waals surface area contributed by atoms with Gasteiger partial charge in [-0.1, -0.05) is 19.3 Å². The second kappa shape index (κ2) is 6.71. The number of aromatic nitrogens is 2. The second-order valence-corrected chi connectivity index (χ2v) is 8.81. The van der Waals surface area contributed by atoms with Crippen LogP contribution in [0.15, 0.2) is 11.4 Å². The van der Waals surface area contributed by atoms with E-state index in [9.17, 15) is 8.42 Å². The molecule has 0 atom stereocenters. The van der Waals surface area contributed by atoms with Gasteiger partial charge in [-0.25, -0.2) is 13.4 Å². The molecule has 1 aliphatic heterocycles. The van der Waals surface area contributed by atoms with Gasteiger partial charge in [-0.05, 0) is 44.7 Å². The maximum absolute atomic E-state index is 12.0. The summed E-state index contributed by atoms with van der Waals surface area (Å²) in [6.45, 7) is 3.87. The standard InChI is InChI=1S/C16H27N3O2S/c1-22(20,21)16-17-11-15(13-18-9-5-6-10-18)19(16)12-14-7-3-2-4-8-14/h11,14H,2-10,12-13H2,1H3. The van der Waals surface area contributed by atoms with Crippen LogP contribution in [0.25, 0.3) is 0 Å². The molecular formula is C16H27N3O2S. The van der Waals surface area contributed by atoms with Crippen LogP contribution in [0.2, 0.25) is 0 Å². The summed E-state index contributed by atoms with van der Waals surface area (Å²) in [5.41, 5.74) is 1.06. The van der Waals surface area contributed by atoms with E-state index < -0.39 is 9.84 Å². The highest BCUT2D eigenvalue weighted by Gasteiger charge is 2.24. The monoisotopic (exact) mass is 325 g/mol. The third kappa shape index (κ3) is 3.71. The molecule has 0 aromatic carbocycles. The van der Waals surface area contributed by atoms with Crippen LogP contribution in [0, 0.1) is 5.92 Å². The van der Waals surface area contributed by atoms with Crippen LogP contribution in [0.3, 0.4) is 0 Å². The molecule has 1 saturated heterocycles. The van der Waals surface area contributed by atoms with Gasteiger partial charge >= 0.3 is 0 Å². The highest BCUT2D eigenvalue weighted by molar-refractivity contribution is 7.90. The van der Waals surface area contributed by atoms with Gasteiger partial charge in [0.05, 0.1) is 11.9 Å². The fraction of sp³-hybridized carbons (Fsp3) is 0.812.